The molecule has 0 heterocycles. The summed E-state index contributed by atoms with van der Waals surface area (Å²) in [6, 6.07) is 0. The highest BCUT2D eigenvalue weighted by Crippen LogP contribution is 2.77. The van der Waals surface area contributed by atoms with Crippen molar-refractivity contribution < 1.29 is 9.53 Å². The van der Waals surface area contributed by atoms with Gasteiger partial charge in [-0.1, -0.05) is 53.7 Å². The van der Waals surface area contributed by atoms with E-state index in [-0.39, 0.29) is 17.5 Å². The second kappa shape index (κ2) is 7.61. The van der Waals surface area contributed by atoms with Gasteiger partial charge in [0.15, 0.2) is 0 Å². The van der Waals surface area contributed by atoms with Crippen LogP contribution in [0, 0.1) is 56.7 Å². The average Bonchev–Trinajstić information content (AvgIpc) is 3.08. The molecule has 0 N–H and O–H groups in total. The predicted molar refractivity (Wildman–Crippen MR) is 140 cm³/mol. The molecule has 0 spiro atoms. The van der Waals surface area contributed by atoms with Crippen LogP contribution in [0.4, 0.5) is 0 Å². The average molecular weight is 469 g/mol. The Kier molecular flexibility index (Phi) is 5.57. The van der Waals surface area contributed by atoms with Gasteiger partial charge in [-0.2, -0.15) is 0 Å². The largest absolute Gasteiger partial charge is 0.462 e. The molecule has 5 saturated carbocycles. The Bertz CT molecular complexity index is 872. The first-order chi connectivity index (χ1) is 15.7. The number of esters is 1. The van der Waals surface area contributed by atoms with E-state index in [2.05, 4.69) is 55.0 Å². The maximum atomic E-state index is 11.9. The summed E-state index contributed by atoms with van der Waals surface area (Å²) in [5, 5.41) is 0. The van der Waals surface area contributed by atoms with Crippen LogP contribution < -0.4 is 0 Å². The van der Waals surface area contributed by atoms with E-state index in [0.29, 0.717) is 27.6 Å². The normalized spacial score (nSPS) is 53.6. The molecule has 0 saturated heterocycles. The number of allylic oxidation sites excluding steroid dienone is 1. The molecule has 2 heteroatoms. The topological polar surface area (TPSA) is 26.3 Å². The third-order valence-electron chi connectivity index (χ3n) is 13.7. The van der Waals surface area contributed by atoms with E-state index in [9.17, 15) is 4.79 Å². The van der Waals surface area contributed by atoms with Gasteiger partial charge >= 0.3 is 5.97 Å². The van der Waals surface area contributed by atoms with E-state index in [1.807, 2.05) is 0 Å². The summed E-state index contributed by atoms with van der Waals surface area (Å²) in [6.07, 6.45) is 13.4. The molecule has 192 valence electrons. The molecule has 0 amide bonds. The number of rotatable bonds is 2. The monoisotopic (exact) mass is 468 g/mol. The minimum Gasteiger partial charge on any atom is -0.462 e. The smallest absolute Gasteiger partial charge is 0.302 e. The van der Waals surface area contributed by atoms with Crippen molar-refractivity contribution in [3.05, 3.63) is 12.2 Å². The Balaban J connectivity index is 1.50. The number of carbonyl (C=O) groups excluding carboxylic acids is 1. The Labute approximate surface area is 210 Å². The first-order valence-corrected chi connectivity index (χ1v) is 14.5. The molecule has 0 radical (unpaired) electrons. The second-order valence-corrected chi connectivity index (χ2v) is 15.3. The summed E-state index contributed by atoms with van der Waals surface area (Å²) in [5.41, 5.74) is 3.23. The van der Waals surface area contributed by atoms with Crippen LogP contribution in [0.15, 0.2) is 12.2 Å². The van der Waals surface area contributed by atoms with Crippen LogP contribution >= 0.6 is 0 Å². The molecule has 0 aromatic heterocycles. The Morgan fingerprint density at radius 2 is 1.47 bits per heavy atom. The van der Waals surface area contributed by atoms with Crippen molar-refractivity contribution in [2.45, 2.75) is 126 Å². The maximum Gasteiger partial charge on any atom is 0.302 e. The van der Waals surface area contributed by atoms with Gasteiger partial charge in [0, 0.05) is 12.3 Å². The SMILES string of the molecule is C=C(C)[C@@H]1CC[C@]2(C)CC[C@]3(C)[C@H](CC[C@@H]4[C@@]5(C)CC[C@@H](OC(C)=O)C(C)(C)[C@@H]5CC[C@]43C)[C@H]12. The lowest BCUT2D eigenvalue weighted by Gasteiger charge is -2.73. The highest BCUT2D eigenvalue weighted by molar-refractivity contribution is 5.66. The molecular formula is C32H52O2. The maximum absolute atomic E-state index is 11.9. The predicted octanol–water partition coefficient (Wildman–Crippen LogP) is 8.60. The third kappa shape index (κ3) is 3.08. The summed E-state index contributed by atoms with van der Waals surface area (Å²) in [7, 11) is 0. The summed E-state index contributed by atoms with van der Waals surface area (Å²) in [5.74, 6) is 3.74. The van der Waals surface area contributed by atoms with Crippen molar-refractivity contribution in [1.82, 2.24) is 0 Å². The van der Waals surface area contributed by atoms with E-state index in [1.165, 1.54) is 63.4 Å². The first kappa shape index (κ1) is 24.9. The Morgan fingerprint density at radius 1 is 0.765 bits per heavy atom. The molecule has 0 aromatic carbocycles. The highest BCUT2D eigenvalue weighted by Gasteiger charge is 2.70. The van der Waals surface area contributed by atoms with Gasteiger partial charge < -0.3 is 4.74 Å². The van der Waals surface area contributed by atoms with Crippen LogP contribution in [-0.2, 0) is 9.53 Å². The van der Waals surface area contributed by atoms with Gasteiger partial charge in [0.2, 0.25) is 0 Å². The number of ether oxygens (including phenoxy) is 1. The van der Waals surface area contributed by atoms with Crippen molar-refractivity contribution in [3.63, 3.8) is 0 Å². The summed E-state index contributed by atoms with van der Waals surface area (Å²) in [6.45, 7) is 23.9. The van der Waals surface area contributed by atoms with Gasteiger partial charge in [0.25, 0.3) is 0 Å². The van der Waals surface area contributed by atoms with Gasteiger partial charge in [-0.25, -0.2) is 0 Å². The van der Waals surface area contributed by atoms with Crippen LogP contribution in [0.2, 0.25) is 0 Å². The van der Waals surface area contributed by atoms with E-state index < -0.39 is 0 Å². The second-order valence-electron chi connectivity index (χ2n) is 15.3. The van der Waals surface area contributed by atoms with E-state index >= 15 is 0 Å². The third-order valence-corrected chi connectivity index (χ3v) is 13.7. The molecule has 5 aliphatic carbocycles. The summed E-state index contributed by atoms with van der Waals surface area (Å²) >= 11 is 0. The summed E-state index contributed by atoms with van der Waals surface area (Å²) < 4.78 is 5.91. The standard InChI is InChI=1S/C32H52O2/c1-20(2)22-12-15-29(6)18-19-31(8)23(27(22)29)10-11-25-30(7)16-14-26(34-21(3)33)28(4,5)24(30)13-17-32(25,31)9/h22-27H,1,10-19H2,2-9H3/t22-,23+,24-,25+,26+,27-,29+,30-,31+,32+/m0/s1. The molecule has 5 aliphatic rings. The molecule has 0 aliphatic heterocycles. The van der Waals surface area contributed by atoms with Crippen LogP contribution in [0.25, 0.3) is 0 Å². The molecule has 10 atom stereocenters. The van der Waals surface area contributed by atoms with Crippen molar-refractivity contribution >= 4 is 5.97 Å². The molecule has 2 nitrogen and oxygen atoms in total. The quantitative estimate of drug-likeness (QED) is 0.299. The lowest BCUT2D eigenvalue weighted by atomic mass is 9.32. The number of hydrogen-bond acceptors (Lipinski definition) is 2. The number of hydrogen-bond donors (Lipinski definition) is 0. The van der Waals surface area contributed by atoms with Crippen molar-refractivity contribution in [2.24, 2.45) is 56.7 Å². The zero-order valence-corrected chi connectivity index (χ0v) is 23.6. The fourth-order valence-corrected chi connectivity index (χ4v) is 11.9. The van der Waals surface area contributed by atoms with E-state index in [1.54, 1.807) is 6.92 Å². The zero-order chi connectivity index (χ0) is 24.9. The van der Waals surface area contributed by atoms with E-state index in [0.717, 1.165) is 30.1 Å². The van der Waals surface area contributed by atoms with Gasteiger partial charge in [0.1, 0.15) is 6.10 Å². The number of fused-ring (bicyclic) bond motifs is 7. The van der Waals surface area contributed by atoms with Gasteiger partial charge in [-0.15, -0.1) is 0 Å². The van der Waals surface area contributed by atoms with Crippen molar-refractivity contribution in [1.29, 1.82) is 0 Å². The zero-order valence-electron chi connectivity index (χ0n) is 23.6. The van der Waals surface area contributed by atoms with Crippen LogP contribution in [-0.4, -0.2) is 12.1 Å². The molecule has 0 aromatic rings. The van der Waals surface area contributed by atoms with E-state index in [4.69, 9.17) is 4.74 Å². The van der Waals surface area contributed by atoms with Gasteiger partial charge in [-0.3, -0.25) is 4.79 Å². The Morgan fingerprint density at radius 3 is 2.12 bits per heavy atom. The fraction of sp³-hybridized carbons (Fsp3) is 0.906. The molecule has 5 rings (SSSR count). The van der Waals surface area contributed by atoms with Crippen LogP contribution in [0.5, 0.6) is 0 Å². The minimum absolute atomic E-state index is 0.0550. The lowest BCUT2D eigenvalue weighted by molar-refractivity contribution is -0.248. The fourth-order valence-electron chi connectivity index (χ4n) is 11.9. The molecule has 0 bridgehead atoms. The first-order valence-electron chi connectivity index (χ1n) is 14.5. The molecular weight excluding hydrogens is 416 g/mol. The van der Waals surface area contributed by atoms with Gasteiger partial charge in [0.05, 0.1) is 0 Å². The minimum atomic E-state index is -0.107. The molecule has 34 heavy (non-hydrogen) atoms. The van der Waals surface area contributed by atoms with Crippen LogP contribution in [0.1, 0.15) is 120 Å². The van der Waals surface area contributed by atoms with Crippen molar-refractivity contribution in [2.75, 3.05) is 0 Å². The highest BCUT2D eigenvalue weighted by atomic mass is 16.5. The Hall–Kier alpha value is -0.790. The number of carbonyl (C=O) groups is 1. The molecule has 5 fully saturated rings. The molecule has 0 unspecified atom stereocenters. The lowest BCUT2D eigenvalue weighted by Crippen LogP contribution is -2.66. The van der Waals surface area contributed by atoms with Crippen LogP contribution in [0.3, 0.4) is 0 Å². The summed E-state index contributed by atoms with van der Waals surface area (Å²) in [4.78, 5) is 11.9. The van der Waals surface area contributed by atoms with Crippen molar-refractivity contribution in [3.8, 4) is 0 Å². The van der Waals surface area contributed by atoms with Gasteiger partial charge in [-0.05, 0) is 122 Å².